The van der Waals surface area contributed by atoms with Crippen LogP contribution in [0.1, 0.15) is 56.6 Å². The molecule has 7 heteroatoms. The van der Waals surface area contributed by atoms with Gasteiger partial charge < -0.3 is 9.64 Å². The van der Waals surface area contributed by atoms with E-state index in [1.54, 1.807) is 4.90 Å². The van der Waals surface area contributed by atoms with Gasteiger partial charge in [0.25, 0.3) is 0 Å². The van der Waals surface area contributed by atoms with Crippen LogP contribution < -0.4 is 0 Å². The predicted octanol–water partition coefficient (Wildman–Crippen LogP) is 4.14. The summed E-state index contributed by atoms with van der Waals surface area (Å²) in [5, 5.41) is 0. The molecule has 0 aromatic carbocycles. The van der Waals surface area contributed by atoms with Gasteiger partial charge in [0.2, 0.25) is 0 Å². The average Bonchev–Trinajstić information content (AvgIpc) is 3.17. The van der Waals surface area contributed by atoms with E-state index in [0.717, 1.165) is 46.5 Å². The molecule has 1 aliphatic carbocycles. The van der Waals surface area contributed by atoms with Crippen LogP contribution >= 0.6 is 15.9 Å². The van der Waals surface area contributed by atoms with Crippen molar-refractivity contribution in [1.82, 2.24) is 19.3 Å². The van der Waals surface area contributed by atoms with Crippen LogP contribution in [-0.4, -0.2) is 44.1 Å². The molecule has 4 rings (SSSR count). The molecule has 6 nitrogen and oxygen atoms in total. The van der Waals surface area contributed by atoms with Crippen molar-refractivity contribution in [2.75, 3.05) is 13.1 Å². The predicted molar refractivity (Wildman–Crippen MR) is 103 cm³/mol. The fourth-order valence-electron chi connectivity index (χ4n) is 3.59. The molecule has 1 fully saturated rings. The molecular formula is C19H23BrN4O2. The zero-order valence-corrected chi connectivity index (χ0v) is 16.9. The first-order valence-corrected chi connectivity index (χ1v) is 9.82. The summed E-state index contributed by atoms with van der Waals surface area (Å²) >= 11 is 3.63. The van der Waals surface area contributed by atoms with Gasteiger partial charge in [-0.2, -0.15) is 0 Å². The number of imidazole rings is 1. The number of hydrogen-bond acceptors (Lipinski definition) is 4. The lowest BCUT2D eigenvalue weighted by atomic mass is 9.94. The lowest BCUT2D eigenvalue weighted by Crippen LogP contribution is -2.41. The second-order valence-corrected chi connectivity index (χ2v) is 8.80. The van der Waals surface area contributed by atoms with Crippen molar-refractivity contribution >= 4 is 32.2 Å². The van der Waals surface area contributed by atoms with Crippen LogP contribution in [0.15, 0.2) is 18.5 Å². The van der Waals surface area contributed by atoms with Crippen LogP contribution in [0.4, 0.5) is 4.79 Å². The van der Waals surface area contributed by atoms with E-state index in [1.807, 2.05) is 27.0 Å². The van der Waals surface area contributed by atoms with Gasteiger partial charge in [-0.05, 0) is 49.5 Å². The molecule has 2 aromatic rings. The monoisotopic (exact) mass is 418 g/mol. The Morgan fingerprint density at radius 3 is 2.73 bits per heavy atom. The summed E-state index contributed by atoms with van der Waals surface area (Å²) in [6.07, 6.45) is 8.54. The Kier molecular flexibility index (Phi) is 4.29. The van der Waals surface area contributed by atoms with Crippen molar-refractivity contribution in [2.45, 2.75) is 51.6 Å². The number of amides is 1. The highest BCUT2D eigenvalue weighted by atomic mass is 79.9. The van der Waals surface area contributed by atoms with Gasteiger partial charge in [0.15, 0.2) is 5.65 Å². The number of ether oxygens (including phenoxy) is 1. The van der Waals surface area contributed by atoms with Crippen molar-refractivity contribution in [3.05, 3.63) is 35.6 Å². The lowest BCUT2D eigenvalue weighted by molar-refractivity contribution is 0.0204. The summed E-state index contributed by atoms with van der Waals surface area (Å²) in [5.41, 5.74) is 3.68. The standard InChI is InChI=1S/C19H23BrN4O2/c1-19(2,3)26-18(25)23-8-6-12(7-9-23)15-11-24-16(22-15)10-21-14-5-4-13(20)17(14)24/h4,10-12H,5-9H2,1-3H3. The maximum Gasteiger partial charge on any atom is 0.410 e. The second kappa shape index (κ2) is 6.37. The molecule has 1 aliphatic heterocycles. The molecule has 0 N–H and O–H groups in total. The Balaban J connectivity index is 1.49. The number of likely N-dealkylation sites (tertiary alicyclic amines) is 1. The highest BCUT2D eigenvalue weighted by molar-refractivity contribution is 9.15. The minimum atomic E-state index is -0.455. The zero-order valence-electron chi connectivity index (χ0n) is 15.3. The van der Waals surface area contributed by atoms with E-state index in [0.29, 0.717) is 19.0 Å². The van der Waals surface area contributed by atoms with Gasteiger partial charge in [-0.15, -0.1) is 0 Å². The zero-order chi connectivity index (χ0) is 18.5. The Morgan fingerprint density at radius 2 is 2.04 bits per heavy atom. The van der Waals surface area contributed by atoms with E-state index in [-0.39, 0.29) is 6.09 Å². The first-order valence-electron chi connectivity index (χ1n) is 9.02. The van der Waals surface area contributed by atoms with Crippen LogP contribution in [0.25, 0.3) is 10.1 Å². The second-order valence-electron chi connectivity index (χ2n) is 7.95. The van der Waals surface area contributed by atoms with Crippen LogP contribution in [-0.2, 0) is 11.2 Å². The van der Waals surface area contributed by atoms with Gasteiger partial charge >= 0.3 is 6.09 Å². The fraction of sp³-hybridized carbons (Fsp3) is 0.526. The summed E-state index contributed by atoms with van der Waals surface area (Å²) in [6.45, 7) is 7.09. The number of piperidine rings is 1. The molecular weight excluding hydrogens is 396 g/mol. The van der Waals surface area contributed by atoms with E-state index >= 15 is 0 Å². The first kappa shape index (κ1) is 17.5. The summed E-state index contributed by atoms with van der Waals surface area (Å²) < 4.78 is 8.68. The molecule has 1 saturated heterocycles. The van der Waals surface area contributed by atoms with E-state index in [9.17, 15) is 4.79 Å². The molecule has 26 heavy (non-hydrogen) atoms. The molecule has 0 radical (unpaired) electrons. The third-order valence-electron chi connectivity index (χ3n) is 4.87. The average molecular weight is 419 g/mol. The number of allylic oxidation sites excluding steroid dienone is 1. The minimum absolute atomic E-state index is 0.220. The Bertz CT molecular complexity index is 889. The van der Waals surface area contributed by atoms with Gasteiger partial charge in [-0.1, -0.05) is 6.08 Å². The van der Waals surface area contributed by atoms with Gasteiger partial charge in [0.1, 0.15) is 5.60 Å². The van der Waals surface area contributed by atoms with Gasteiger partial charge in [-0.25, -0.2) is 9.78 Å². The normalized spacial score (nSPS) is 18.2. The number of aromatic nitrogens is 3. The maximum atomic E-state index is 12.2. The van der Waals surface area contributed by atoms with Crippen molar-refractivity contribution in [1.29, 1.82) is 0 Å². The number of rotatable bonds is 1. The molecule has 2 aromatic heterocycles. The van der Waals surface area contributed by atoms with Gasteiger partial charge in [0.05, 0.1) is 23.3 Å². The van der Waals surface area contributed by atoms with E-state index < -0.39 is 5.60 Å². The molecule has 0 unspecified atom stereocenters. The number of fused-ring (bicyclic) bond motifs is 3. The van der Waals surface area contributed by atoms with Crippen molar-refractivity contribution in [2.24, 2.45) is 0 Å². The smallest absolute Gasteiger partial charge is 0.410 e. The number of hydrogen-bond donors (Lipinski definition) is 0. The van der Waals surface area contributed by atoms with Crippen LogP contribution in [0, 0.1) is 0 Å². The third kappa shape index (κ3) is 3.24. The van der Waals surface area contributed by atoms with Gasteiger partial charge in [0, 0.05) is 36.1 Å². The molecule has 0 spiro atoms. The minimum Gasteiger partial charge on any atom is -0.444 e. The Hall–Kier alpha value is -1.89. The topological polar surface area (TPSA) is 59.7 Å². The molecule has 0 saturated carbocycles. The number of carbonyl (C=O) groups excluding carboxylic acids is 1. The molecule has 2 aliphatic rings. The maximum absolute atomic E-state index is 12.2. The van der Waals surface area contributed by atoms with Crippen LogP contribution in [0.2, 0.25) is 0 Å². The lowest BCUT2D eigenvalue weighted by Gasteiger charge is -2.32. The number of carbonyl (C=O) groups is 1. The number of halogens is 1. The molecule has 3 heterocycles. The number of nitrogens with zero attached hydrogens (tertiary/aromatic N) is 4. The molecule has 0 atom stereocenters. The summed E-state index contributed by atoms with van der Waals surface area (Å²) in [7, 11) is 0. The highest BCUT2D eigenvalue weighted by Gasteiger charge is 2.29. The first-order chi connectivity index (χ1) is 12.3. The Labute approximate surface area is 161 Å². The molecule has 1 amide bonds. The Morgan fingerprint density at radius 1 is 1.31 bits per heavy atom. The third-order valence-corrected chi connectivity index (χ3v) is 5.57. The summed E-state index contributed by atoms with van der Waals surface area (Å²) in [6, 6.07) is 0. The van der Waals surface area contributed by atoms with Crippen LogP contribution in [0.3, 0.4) is 0 Å². The van der Waals surface area contributed by atoms with E-state index in [1.165, 1.54) is 0 Å². The highest BCUT2D eigenvalue weighted by Crippen LogP contribution is 2.33. The van der Waals surface area contributed by atoms with Crippen molar-refractivity contribution in [3.8, 4) is 0 Å². The quantitative estimate of drug-likeness (QED) is 0.697. The van der Waals surface area contributed by atoms with Gasteiger partial charge in [-0.3, -0.25) is 9.38 Å². The molecule has 0 bridgehead atoms. The summed E-state index contributed by atoms with van der Waals surface area (Å²) in [4.78, 5) is 23.4. The summed E-state index contributed by atoms with van der Waals surface area (Å²) in [5.74, 6) is 0.355. The van der Waals surface area contributed by atoms with E-state index in [4.69, 9.17) is 9.72 Å². The largest absolute Gasteiger partial charge is 0.444 e. The van der Waals surface area contributed by atoms with Crippen molar-refractivity contribution < 1.29 is 9.53 Å². The fourth-order valence-corrected chi connectivity index (χ4v) is 4.17. The SMILES string of the molecule is CC(C)(C)OC(=O)N1CCC(c2cn3c4c(ncc3n2)CC=C4Br)CC1. The van der Waals surface area contributed by atoms with Crippen LogP contribution in [0.5, 0.6) is 0 Å². The molecule has 138 valence electrons. The van der Waals surface area contributed by atoms with Crippen molar-refractivity contribution in [3.63, 3.8) is 0 Å². The van der Waals surface area contributed by atoms with E-state index in [2.05, 4.69) is 37.6 Å².